The summed E-state index contributed by atoms with van der Waals surface area (Å²) in [5.41, 5.74) is 0. The van der Waals surface area contributed by atoms with Gasteiger partial charge in [-0.2, -0.15) is 0 Å². The molecule has 0 radical (unpaired) electrons. The lowest BCUT2D eigenvalue weighted by atomic mass is 9.93. The second-order valence-electron chi connectivity index (χ2n) is 21.0. The average Bonchev–Trinajstić information content (AvgIpc) is 3.63. The van der Waals surface area contributed by atoms with Gasteiger partial charge in [0.05, 0.1) is 45.2 Å². The second-order valence-corrected chi connectivity index (χ2v) is 21.0. The molecule has 7 fully saturated rings. The summed E-state index contributed by atoms with van der Waals surface area (Å²) in [4.78, 5) is 25.5. The Balaban J connectivity index is 1.23. The Morgan fingerprint density at radius 3 is 1.09 bits per heavy atom. The molecule has 0 aromatic rings. The van der Waals surface area contributed by atoms with Crippen molar-refractivity contribution >= 4 is 11.8 Å². The van der Waals surface area contributed by atoms with E-state index in [0.29, 0.717) is 0 Å². The van der Waals surface area contributed by atoms with E-state index in [9.17, 15) is 107 Å². The first-order valence-corrected chi connectivity index (χ1v) is 26.3. The third-order valence-electron chi connectivity index (χ3n) is 15.3. The standard InChI is InChI=1S/C46H78N2O34/c1-10-21(56)27(62)29(64)43(70-10)77-34-18(9-53)76-42(20(48-13(4)55)36(34)79-46-33(68)37(24(59)16(7-51)75-46)80-41-19(47-12(3)54)26(61)23(58)14(5-49)73-41)81-38-25(60)15(6-50)74-45(32(38)67)78-35-17(8-52)72-40(69)31(66)39(35)82-44-30(65)28(63)22(57)11(2)71-44/h10-11,14-46,49-53,56-69H,5-9H2,1-4H3,(H,47,54)(H,48,55)/t10?,11?,14?,15?,16?,17?,18?,19-,20-,21+,22+,23+,24-,25-,26?,27-,28?,29?,30-,31-,32-,33-,34+,35+,36?,37?,38?,39?,40?,41-,42-,43-,44-,45-,46-/m0/s1. The van der Waals surface area contributed by atoms with Gasteiger partial charge in [-0.05, 0) is 13.8 Å². The number of aliphatic hydroxyl groups excluding tert-OH is 19. The monoisotopic (exact) mass is 1200 g/mol. The lowest BCUT2D eigenvalue weighted by molar-refractivity contribution is -0.399. The molecule has 35 atom stereocenters. The largest absolute Gasteiger partial charge is 0.394 e. The molecular weight excluding hydrogens is 1120 g/mol. The van der Waals surface area contributed by atoms with E-state index in [-0.39, 0.29) is 0 Å². The molecule has 476 valence electrons. The van der Waals surface area contributed by atoms with Crippen LogP contribution >= 0.6 is 0 Å². The Morgan fingerprint density at radius 2 is 0.646 bits per heavy atom. The Hall–Kier alpha value is -2.34. The Kier molecular flexibility index (Phi) is 23.5. The van der Waals surface area contributed by atoms with Crippen LogP contribution in [0, 0.1) is 0 Å². The fourth-order valence-electron chi connectivity index (χ4n) is 10.7. The SMILES string of the molecule is CC(=O)N[C@H]1C(O)[C@H](O)C(CO)O[C@H]1OC1[C@@H](O)C(CO)O[C@@H](OC2[C@H](O[C@@H]3OC(C)[C@@H](O)[C@H](O)C3O)C(CO)O[C@@H](OC3[C@@H](O)C(CO)O[C@@H](O[C@@H]4C(CO)OC(O)[C@@H](O)C4O[C@@H]4OC(C)[C@@H](O)C(O)[C@@H]4O)[C@H]3O)[C@H]2NC(C)=O)[C@H]1O. The number of nitrogens with one attached hydrogen (secondary N) is 2. The molecule has 7 rings (SSSR count). The van der Waals surface area contributed by atoms with E-state index >= 15 is 0 Å². The fraction of sp³-hybridized carbons (Fsp3) is 0.957. The quantitative estimate of drug-likeness (QED) is 0.0571. The summed E-state index contributed by atoms with van der Waals surface area (Å²) < 4.78 is 76.3. The minimum atomic E-state index is -2.32. The first kappa shape index (κ1) is 67.2. The fourth-order valence-corrected chi connectivity index (χ4v) is 10.7. The molecule has 0 saturated carbocycles. The molecular formula is C46H78N2O34. The van der Waals surface area contributed by atoms with Gasteiger partial charge in [0.1, 0.15) is 159 Å². The number of carbonyl (C=O) groups excluding carboxylic acids is 2. The maximum Gasteiger partial charge on any atom is 0.217 e. The number of carbonyl (C=O) groups is 2. The van der Waals surface area contributed by atoms with E-state index in [0.717, 1.165) is 13.8 Å². The highest BCUT2D eigenvalue weighted by molar-refractivity contribution is 5.73. The van der Waals surface area contributed by atoms with Crippen molar-refractivity contribution in [2.24, 2.45) is 0 Å². The Morgan fingerprint density at radius 1 is 0.317 bits per heavy atom. The summed E-state index contributed by atoms with van der Waals surface area (Å²) in [7, 11) is 0. The van der Waals surface area contributed by atoms with Crippen LogP contribution in [0.2, 0.25) is 0 Å². The highest BCUT2D eigenvalue weighted by Gasteiger charge is 2.60. The predicted molar refractivity (Wildman–Crippen MR) is 252 cm³/mol. The van der Waals surface area contributed by atoms with Gasteiger partial charge in [0.15, 0.2) is 44.0 Å². The molecule has 36 nitrogen and oxygen atoms in total. The normalized spacial score (nSPS) is 51.3. The predicted octanol–water partition coefficient (Wildman–Crippen LogP) is -13.9. The maximum atomic E-state index is 13.3. The zero-order chi connectivity index (χ0) is 60.5. The molecule has 36 heteroatoms. The number of amides is 2. The van der Waals surface area contributed by atoms with Crippen LogP contribution in [0.15, 0.2) is 0 Å². The molecule has 7 aliphatic heterocycles. The van der Waals surface area contributed by atoms with Gasteiger partial charge in [-0.15, -0.1) is 0 Å². The number of rotatable bonds is 19. The van der Waals surface area contributed by atoms with Crippen LogP contribution in [0.5, 0.6) is 0 Å². The van der Waals surface area contributed by atoms with Crippen molar-refractivity contribution in [1.29, 1.82) is 0 Å². The molecule has 0 aromatic heterocycles. The summed E-state index contributed by atoms with van der Waals surface area (Å²) in [6.45, 7) is -0.656. The van der Waals surface area contributed by atoms with E-state index in [2.05, 4.69) is 10.6 Å². The van der Waals surface area contributed by atoms with Crippen molar-refractivity contribution in [3.8, 4) is 0 Å². The third kappa shape index (κ3) is 14.1. The van der Waals surface area contributed by atoms with Gasteiger partial charge >= 0.3 is 0 Å². The van der Waals surface area contributed by atoms with E-state index in [1.165, 1.54) is 13.8 Å². The molecule has 7 saturated heterocycles. The number of hydrogen-bond donors (Lipinski definition) is 21. The smallest absolute Gasteiger partial charge is 0.217 e. The Labute approximate surface area is 465 Å². The molecule has 15 unspecified atom stereocenters. The van der Waals surface area contributed by atoms with Crippen molar-refractivity contribution in [3.05, 3.63) is 0 Å². The summed E-state index contributed by atoms with van der Waals surface area (Å²) >= 11 is 0. The lowest BCUT2D eigenvalue weighted by Crippen LogP contribution is -2.72. The van der Waals surface area contributed by atoms with E-state index in [1.807, 2.05) is 0 Å². The molecule has 0 aromatic carbocycles. The minimum absolute atomic E-state index is 0.790. The van der Waals surface area contributed by atoms with Crippen molar-refractivity contribution in [2.75, 3.05) is 33.0 Å². The van der Waals surface area contributed by atoms with Crippen molar-refractivity contribution in [1.82, 2.24) is 10.6 Å². The topological polar surface area (TPSA) is 563 Å². The summed E-state index contributed by atoms with van der Waals surface area (Å²) in [6, 6.07) is -3.61. The molecule has 7 aliphatic rings. The van der Waals surface area contributed by atoms with Gasteiger partial charge in [0.25, 0.3) is 0 Å². The number of ether oxygens (including phenoxy) is 13. The molecule has 2 amide bonds. The molecule has 7 heterocycles. The van der Waals surface area contributed by atoms with Crippen LogP contribution in [-0.4, -0.2) is 357 Å². The van der Waals surface area contributed by atoms with E-state index < -0.39 is 260 Å². The van der Waals surface area contributed by atoms with Crippen LogP contribution in [0.4, 0.5) is 0 Å². The van der Waals surface area contributed by atoms with Gasteiger partial charge in [-0.3, -0.25) is 9.59 Å². The molecule has 0 aliphatic carbocycles. The second kappa shape index (κ2) is 28.7. The molecule has 21 N–H and O–H groups in total. The first-order chi connectivity index (χ1) is 38.7. The van der Waals surface area contributed by atoms with Crippen molar-refractivity contribution in [3.63, 3.8) is 0 Å². The third-order valence-corrected chi connectivity index (χ3v) is 15.3. The maximum absolute atomic E-state index is 13.3. The van der Waals surface area contributed by atoms with E-state index in [4.69, 9.17) is 61.6 Å². The summed E-state index contributed by atoms with van der Waals surface area (Å²) in [5.74, 6) is -1.74. The van der Waals surface area contributed by atoms with Crippen molar-refractivity contribution in [2.45, 2.75) is 243 Å². The highest BCUT2D eigenvalue weighted by atomic mass is 16.8. The van der Waals surface area contributed by atoms with E-state index in [1.54, 1.807) is 0 Å². The molecule has 0 spiro atoms. The van der Waals surface area contributed by atoms with Crippen LogP contribution in [-0.2, 0) is 71.2 Å². The van der Waals surface area contributed by atoms with Gasteiger partial charge in [0.2, 0.25) is 11.8 Å². The lowest BCUT2D eigenvalue weighted by Gasteiger charge is -2.52. The summed E-state index contributed by atoms with van der Waals surface area (Å²) in [5, 5.41) is 212. The van der Waals surface area contributed by atoms with Gasteiger partial charge in [-0.25, -0.2) is 0 Å². The molecule has 0 bridgehead atoms. The van der Waals surface area contributed by atoms with Crippen LogP contribution in [0.1, 0.15) is 27.7 Å². The number of aliphatic hydroxyl groups is 19. The van der Waals surface area contributed by atoms with Crippen LogP contribution in [0.25, 0.3) is 0 Å². The van der Waals surface area contributed by atoms with Crippen LogP contribution in [0.3, 0.4) is 0 Å². The average molecular weight is 1200 g/mol. The zero-order valence-corrected chi connectivity index (χ0v) is 44.4. The van der Waals surface area contributed by atoms with Gasteiger partial charge < -0.3 is 169 Å². The Bertz CT molecular complexity index is 2030. The molecule has 82 heavy (non-hydrogen) atoms. The van der Waals surface area contributed by atoms with Gasteiger partial charge in [0, 0.05) is 13.8 Å². The van der Waals surface area contributed by atoms with Crippen LogP contribution < -0.4 is 10.6 Å². The minimum Gasteiger partial charge on any atom is -0.394 e. The summed E-state index contributed by atoms with van der Waals surface area (Å²) in [6.07, 6.45) is -63.4. The number of hydrogen-bond acceptors (Lipinski definition) is 34. The highest BCUT2D eigenvalue weighted by Crippen LogP contribution is 2.39. The zero-order valence-electron chi connectivity index (χ0n) is 44.4. The van der Waals surface area contributed by atoms with Crippen molar-refractivity contribution < 1.29 is 168 Å². The first-order valence-electron chi connectivity index (χ1n) is 26.3. The van der Waals surface area contributed by atoms with Gasteiger partial charge in [-0.1, -0.05) is 0 Å².